The number of nitrogens with one attached hydrogen (secondary N) is 2. The minimum atomic E-state index is -1.16. The molecule has 1 amide bonds. The van der Waals surface area contributed by atoms with Crippen LogP contribution in [0.15, 0.2) is 114 Å². The number of hydrogen-bond acceptors (Lipinski definition) is 3. The minimum Gasteiger partial charge on any atom is -0.350 e. The number of nitrogens with zero attached hydrogens (tertiary/aromatic N) is 1. The van der Waals surface area contributed by atoms with Gasteiger partial charge >= 0.3 is 0 Å². The molecule has 1 unspecified atom stereocenters. The zero-order chi connectivity index (χ0) is 25.4. The molecule has 1 atom stereocenters. The highest BCUT2D eigenvalue weighted by atomic mass is 16.2. The summed E-state index contributed by atoms with van der Waals surface area (Å²) in [6.07, 6.45) is 0. The highest BCUT2D eigenvalue weighted by Gasteiger charge is 2.53. The van der Waals surface area contributed by atoms with Crippen molar-refractivity contribution in [3.63, 3.8) is 0 Å². The third-order valence-electron chi connectivity index (χ3n) is 7.24. The lowest BCUT2D eigenvalue weighted by Gasteiger charge is -2.40. The zero-order valence-corrected chi connectivity index (χ0v) is 20.6. The molecule has 5 heteroatoms. The standard InChI is InChI=1S/C32H27N3O2/c1-22-12-11-19-26-28(22)34-29-27(30(26)36)32(25-17-9-4-10-18-25,33-20-23-13-5-2-6-14-23)35(31(29)37)21-24-15-7-3-8-16-24/h2-19,33H,20-21H2,1H3,(H,34,36). The molecule has 0 saturated heterocycles. The van der Waals surface area contributed by atoms with Gasteiger partial charge in [0.15, 0.2) is 11.1 Å². The van der Waals surface area contributed by atoms with Gasteiger partial charge < -0.3 is 9.88 Å². The van der Waals surface area contributed by atoms with Crippen LogP contribution in [0.25, 0.3) is 10.9 Å². The number of pyridine rings is 1. The lowest BCUT2D eigenvalue weighted by molar-refractivity contribution is 0.0516. The number of aromatic nitrogens is 1. The molecule has 2 N–H and O–H groups in total. The van der Waals surface area contributed by atoms with Crippen molar-refractivity contribution in [2.24, 2.45) is 0 Å². The highest BCUT2D eigenvalue weighted by molar-refractivity contribution is 6.01. The molecule has 0 bridgehead atoms. The first-order valence-electron chi connectivity index (χ1n) is 12.5. The predicted octanol–water partition coefficient (Wildman–Crippen LogP) is 5.48. The Kier molecular flexibility index (Phi) is 5.70. The molecule has 0 spiro atoms. The lowest BCUT2D eigenvalue weighted by Crippen LogP contribution is -2.55. The van der Waals surface area contributed by atoms with Gasteiger partial charge in [-0.25, -0.2) is 0 Å². The second kappa shape index (κ2) is 9.19. The van der Waals surface area contributed by atoms with Crippen LogP contribution in [0.5, 0.6) is 0 Å². The number of aryl methyl sites for hydroxylation is 1. The van der Waals surface area contributed by atoms with Crippen LogP contribution in [-0.2, 0) is 18.8 Å². The molecule has 2 heterocycles. The maximum absolute atomic E-state index is 14.3. The second-order valence-corrected chi connectivity index (χ2v) is 9.49. The molecule has 6 rings (SSSR count). The van der Waals surface area contributed by atoms with Crippen molar-refractivity contribution in [1.29, 1.82) is 0 Å². The Morgan fingerprint density at radius 3 is 2.05 bits per heavy atom. The summed E-state index contributed by atoms with van der Waals surface area (Å²) in [5.41, 5.74) is 3.99. The highest BCUT2D eigenvalue weighted by Crippen LogP contribution is 2.42. The summed E-state index contributed by atoms with van der Waals surface area (Å²) in [7, 11) is 0. The molecule has 4 aromatic carbocycles. The maximum atomic E-state index is 14.3. The van der Waals surface area contributed by atoms with Crippen LogP contribution < -0.4 is 10.7 Å². The van der Waals surface area contributed by atoms with E-state index >= 15 is 0 Å². The van der Waals surface area contributed by atoms with Gasteiger partial charge in [0, 0.05) is 18.5 Å². The lowest BCUT2D eigenvalue weighted by atomic mass is 9.89. The van der Waals surface area contributed by atoms with E-state index in [1.165, 1.54) is 0 Å². The number of hydrogen-bond donors (Lipinski definition) is 2. The predicted molar refractivity (Wildman–Crippen MR) is 146 cm³/mol. The molecule has 1 aromatic heterocycles. The van der Waals surface area contributed by atoms with Crippen LogP contribution in [0.2, 0.25) is 0 Å². The molecule has 0 fully saturated rings. The van der Waals surface area contributed by atoms with Crippen molar-refractivity contribution in [2.75, 3.05) is 0 Å². The Morgan fingerprint density at radius 2 is 1.38 bits per heavy atom. The van der Waals surface area contributed by atoms with E-state index in [2.05, 4.69) is 10.3 Å². The summed E-state index contributed by atoms with van der Waals surface area (Å²) in [4.78, 5) is 33.7. The molecule has 1 aliphatic heterocycles. The monoisotopic (exact) mass is 485 g/mol. The number of fused-ring (bicyclic) bond motifs is 2. The molecule has 5 aromatic rings. The fraction of sp³-hybridized carbons (Fsp3) is 0.125. The first-order chi connectivity index (χ1) is 18.1. The van der Waals surface area contributed by atoms with E-state index < -0.39 is 5.66 Å². The molecule has 5 nitrogen and oxygen atoms in total. The van der Waals surface area contributed by atoms with Gasteiger partial charge in [0.1, 0.15) is 5.69 Å². The van der Waals surface area contributed by atoms with E-state index in [1.807, 2.05) is 116 Å². The van der Waals surface area contributed by atoms with E-state index in [0.29, 0.717) is 35.2 Å². The van der Waals surface area contributed by atoms with Gasteiger partial charge in [-0.2, -0.15) is 0 Å². The van der Waals surface area contributed by atoms with Gasteiger partial charge in [-0.3, -0.25) is 14.9 Å². The van der Waals surface area contributed by atoms with Gasteiger partial charge in [0.25, 0.3) is 5.91 Å². The van der Waals surface area contributed by atoms with Crippen molar-refractivity contribution < 1.29 is 4.79 Å². The summed E-state index contributed by atoms with van der Waals surface area (Å²) < 4.78 is 0. The number of amides is 1. The molecule has 0 aliphatic carbocycles. The summed E-state index contributed by atoms with van der Waals surface area (Å²) in [6, 6.07) is 35.4. The van der Waals surface area contributed by atoms with Crippen LogP contribution in [0.1, 0.15) is 38.3 Å². The smallest absolute Gasteiger partial charge is 0.273 e. The quantitative estimate of drug-likeness (QED) is 0.335. The van der Waals surface area contributed by atoms with E-state index in [4.69, 9.17) is 0 Å². The fourth-order valence-electron chi connectivity index (χ4n) is 5.43. The molecule has 182 valence electrons. The molecular weight excluding hydrogens is 458 g/mol. The average molecular weight is 486 g/mol. The summed E-state index contributed by atoms with van der Waals surface area (Å²) in [6.45, 7) is 2.76. The van der Waals surface area contributed by atoms with Gasteiger partial charge in [0.05, 0.1) is 11.1 Å². The number of carbonyl (C=O) groups excluding carboxylic acids is 1. The molecule has 37 heavy (non-hydrogen) atoms. The average Bonchev–Trinajstić information content (AvgIpc) is 3.18. The van der Waals surface area contributed by atoms with Crippen LogP contribution in [0.4, 0.5) is 0 Å². The Hall–Kier alpha value is -4.48. The van der Waals surface area contributed by atoms with Crippen LogP contribution >= 0.6 is 0 Å². The molecular formula is C32H27N3O2. The minimum absolute atomic E-state index is 0.138. The first-order valence-corrected chi connectivity index (χ1v) is 12.5. The van der Waals surface area contributed by atoms with Gasteiger partial charge in [-0.15, -0.1) is 0 Å². The Morgan fingerprint density at radius 1 is 0.757 bits per heavy atom. The first kappa shape index (κ1) is 23.0. The van der Waals surface area contributed by atoms with Crippen LogP contribution in [0, 0.1) is 6.92 Å². The van der Waals surface area contributed by atoms with E-state index in [1.54, 1.807) is 4.90 Å². The van der Waals surface area contributed by atoms with Crippen molar-refractivity contribution >= 4 is 16.8 Å². The summed E-state index contributed by atoms with van der Waals surface area (Å²) >= 11 is 0. The van der Waals surface area contributed by atoms with E-state index in [-0.39, 0.29) is 11.3 Å². The van der Waals surface area contributed by atoms with Gasteiger partial charge in [-0.05, 0) is 35.2 Å². The van der Waals surface area contributed by atoms with E-state index in [9.17, 15) is 9.59 Å². The largest absolute Gasteiger partial charge is 0.350 e. The number of carbonyl (C=O) groups is 1. The third kappa shape index (κ3) is 3.76. The Bertz CT molecular complexity index is 1650. The van der Waals surface area contributed by atoms with Crippen molar-refractivity contribution in [1.82, 2.24) is 15.2 Å². The van der Waals surface area contributed by atoms with Crippen molar-refractivity contribution in [3.05, 3.63) is 153 Å². The van der Waals surface area contributed by atoms with Gasteiger partial charge in [-0.1, -0.05) is 103 Å². The van der Waals surface area contributed by atoms with Gasteiger partial charge in [0.2, 0.25) is 0 Å². The Balaban J connectivity index is 1.64. The van der Waals surface area contributed by atoms with Crippen LogP contribution in [-0.4, -0.2) is 15.8 Å². The zero-order valence-electron chi connectivity index (χ0n) is 20.6. The normalized spacial score (nSPS) is 16.8. The van der Waals surface area contributed by atoms with Crippen molar-refractivity contribution in [2.45, 2.75) is 25.7 Å². The molecule has 1 aliphatic rings. The number of rotatable bonds is 6. The SMILES string of the molecule is Cc1cccc2c(=O)c3c([nH]c12)C(=O)N(Cc1ccccc1)C3(NCc1ccccc1)c1ccccc1. The Labute approximate surface area is 215 Å². The topological polar surface area (TPSA) is 65.2 Å². The number of aromatic amines is 1. The fourth-order valence-corrected chi connectivity index (χ4v) is 5.43. The molecule has 0 radical (unpaired) electrons. The van der Waals surface area contributed by atoms with Crippen molar-refractivity contribution in [3.8, 4) is 0 Å². The number of benzene rings is 4. The summed E-state index contributed by atoms with van der Waals surface area (Å²) in [5, 5.41) is 4.27. The number of para-hydroxylation sites is 1. The molecule has 0 saturated carbocycles. The second-order valence-electron chi connectivity index (χ2n) is 9.49. The van der Waals surface area contributed by atoms with E-state index in [0.717, 1.165) is 22.3 Å². The summed E-state index contributed by atoms with van der Waals surface area (Å²) in [5.74, 6) is -0.203. The van der Waals surface area contributed by atoms with Crippen LogP contribution in [0.3, 0.4) is 0 Å². The maximum Gasteiger partial charge on any atom is 0.273 e. The third-order valence-corrected chi connectivity index (χ3v) is 7.24. The number of H-pyrrole nitrogens is 1.